The van der Waals surface area contributed by atoms with E-state index in [9.17, 15) is 4.79 Å². The van der Waals surface area contributed by atoms with Gasteiger partial charge in [0.1, 0.15) is 0 Å². The van der Waals surface area contributed by atoms with E-state index in [-0.39, 0.29) is 11.8 Å². The highest BCUT2D eigenvalue weighted by molar-refractivity contribution is 5.78. The number of methoxy groups -OCH3 is 1. The topological polar surface area (TPSA) is 41.6 Å². The molecule has 1 rings (SSSR count). The molecule has 1 amide bonds. The maximum atomic E-state index is 11.9. The van der Waals surface area contributed by atoms with Crippen molar-refractivity contribution in [3.8, 4) is 0 Å². The number of nitrogens with one attached hydrogen (secondary N) is 1. The van der Waals surface area contributed by atoms with Crippen LogP contribution in [0.25, 0.3) is 0 Å². The highest BCUT2D eigenvalue weighted by Gasteiger charge is 2.24. The highest BCUT2D eigenvalue weighted by atomic mass is 16.5. The molecule has 1 heterocycles. The fourth-order valence-electron chi connectivity index (χ4n) is 2.47. The zero-order valence-electron chi connectivity index (χ0n) is 12.1. The van der Waals surface area contributed by atoms with Gasteiger partial charge in [-0.1, -0.05) is 13.8 Å². The van der Waals surface area contributed by atoms with E-state index < -0.39 is 0 Å². The van der Waals surface area contributed by atoms with Gasteiger partial charge in [0.25, 0.3) is 0 Å². The first-order valence-corrected chi connectivity index (χ1v) is 7.12. The number of likely N-dealkylation sites (tertiary alicyclic amines) is 1. The summed E-state index contributed by atoms with van der Waals surface area (Å²) >= 11 is 0. The molecule has 106 valence electrons. The molecular formula is C14H28N2O2. The Bertz CT molecular complexity index is 236. The van der Waals surface area contributed by atoms with Gasteiger partial charge < -0.3 is 15.0 Å². The van der Waals surface area contributed by atoms with E-state index in [1.807, 2.05) is 0 Å². The molecule has 0 aromatic rings. The molecular weight excluding hydrogens is 228 g/mol. The molecule has 0 bridgehead atoms. The number of piperidine rings is 1. The summed E-state index contributed by atoms with van der Waals surface area (Å²) in [4.78, 5) is 14.4. The molecule has 1 N–H and O–H groups in total. The van der Waals surface area contributed by atoms with Crippen LogP contribution in [0.5, 0.6) is 0 Å². The summed E-state index contributed by atoms with van der Waals surface area (Å²) in [6.45, 7) is 9.22. The second-order valence-corrected chi connectivity index (χ2v) is 5.61. The van der Waals surface area contributed by atoms with E-state index in [0.29, 0.717) is 12.5 Å². The lowest BCUT2D eigenvalue weighted by atomic mass is 9.95. The van der Waals surface area contributed by atoms with E-state index in [2.05, 4.69) is 24.1 Å². The third-order valence-electron chi connectivity index (χ3n) is 3.41. The average molecular weight is 256 g/mol. The highest BCUT2D eigenvalue weighted by Crippen LogP contribution is 2.18. The Labute approximate surface area is 111 Å². The van der Waals surface area contributed by atoms with Crippen LogP contribution in [0.3, 0.4) is 0 Å². The monoisotopic (exact) mass is 256 g/mol. The lowest BCUT2D eigenvalue weighted by molar-refractivity contribution is -0.126. The molecule has 4 nitrogen and oxygen atoms in total. The van der Waals surface area contributed by atoms with Crippen molar-refractivity contribution in [2.75, 3.05) is 39.9 Å². The van der Waals surface area contributed by atoms with Gasteiger partial charge in [-0.15, -0.1) is 0 Å². The largest absolute Gasteiger partial charge is 0.385 e. The van der Waals surface area contributed by atoms with Crippen LogP contribution in [-0.2, 0) is 9.53 Å². The first-order chi connectivity index (χ1) is 8.63. The number of carbonyl (C=O) groups excluding carboxylic acids is 1. The molecule has 1 aliphatic rings. The lowest BCUT2D eigenvalue weighted by Gasteiger charge is -2.32. The Morgan fingerprint density at radius 3 is 2.61 bits per heavy atom. The van der Waals surface area contributed by atoms with E-state index in [1.54, 1.807) is 7.11 Å². The molecule has 1 saturated heterocycles. The third kappa shape index (κ3) is 5.83. The summed E-state index contributed by atoms with van der Waals surface area (Å²) in [5, 5.41) is 3.01. The van der Waals surface area contributed by atoms with Crippen molar-refractivity contribution in [1.82, 2.24) is 10.2 Å². The number of hydrogen-bond acceptors (Lipinski definition) is 3. The summed E-state index contributed by atoms with van der Waals surface area (Å²) in [7, 11) is 1.69. The van der Waals surface area contributed by atoms with Crippen LogP contribution >= 0.6 is 0 Å². The Kier molecular flexibility index (Phi) is 7.28. The van der Waals surface area contributed by atoms with Gasteiger partial charge in [-0.25, -0.2) is 0 Å². The SMILES string of the molecule is COCCCNC(=O)C1CCN(CC(C)C)CC1. The molecule has 4 heteroatoms. The molecule has 0 aromatic carbocycles. The smallest absolute Gasteiger partial charge is 0.223 e. The van der Waals surface area contributed by atoms with E-state index in [1.165, 1.54) is 0 Å². The van der Waals surface area contributed by atoms with E-state index in [0.717, 1.165) is 45.4 Å². The average Bonchev–Trinajstić information content (AvgIpc) is 2.34. The number of carbonyl (C=O) groups is 1. The van der Waals surface area contributed by atoms with Gasteiger partial charge >= 0.3 is 0 Å². The lowest BCUT2D eigenvalue weighted by Crippen LogP contribution is -2.41. The number of rotatable bonds is 7. The zero-order chi connectivity index (χ0) is 13.4. The predicted molar refractivity (Wildman–Crippen MR) is 73.5 cm³/mol. The second kappa shape index (κ2) is 8.48. The van der Waals surface area contributed by atoms with Crippen LogP contribution in [0.1, 0.15) is 33.1 Å². The first-order valence-electron chi connectivity index (χ1n) is 7.12. The minimum absolute atomic E-state index is 0.218. The van der Waals surface area contributed by atoms with Crippen molar-refractivity contribution in [3.63, 3.8) is 0 Å². The first kappa shape index (κ1) is 15.4. The number of amides is 1. The van der Waals surface area contributed by atoms with E-state index >= 15 is 0 Å². The van der Waals surface area contributed by atoms with Gasteiger partial charge in [0.05, 0.1) is 0 Å². The molecule has 0 radical (unpaired) electrons. The van der Waals surface area contributed by atoms with Crippen LogP contribution in [0.15, 0.2) is 0 Å². The summed E-state index contributed by atoms with van der Waals surface area (Å²) < 4.78 is 4.96. The molecule has 1 aliphatic heterocycles. The fourth-order valence-corrected chi connectivity index (χ4v) is 2.47. The van der Waals surface area contributed by atoms with Gasteiger partial charge in [0, 0.05) is 32.7 Å². The Balaban J connectivity index is 2.15. The third-order valence-corrected chi connectivity index (χ3v) is 3.41. The number of nitrogens with zero attached hydrogens (tertiary/aromatic N) is 1. The summed E-state index contributed by atoms with van der Waals surface area (Å²) in [6, 6.07) is 0. The molecule has 18 heavy (non-hydrogen) atoms. The maximum absolute atomic E-state index is 11.9. The van der Waals surface area contributed by atoms with Gasteiger partial charge in [0.15, 0.2) is 0 Å². The van der Waals surface area contributed by atoms with Gasteiger partial charge in [0.2, 0.25) is 5.91 Å². The summed E-state index contributed by atoms with van der Waals surface area (Å²) in [5.74, 6) is 1.16. The van der Waals surface area contributed by atoms with Crippen molar-refractivity contribution >= 4 is 5.91 Å². The predicted octanol–water partition coefficient (Wildman–Crippen LogP) is 1.51. The minimum Gasteiger partial charge on any atom is -0.385 e. The van der Waals surface area contributed by atoms with Gasteiger partial charge in [-0.3, -0.25) is 4.79 Å². The number of ether oxygens (including phenoxy) is 1. The quantitative estimate of drug-likeness (QED) is 0.702. The molecule has 1 fully saturated rings. The Morgan fingerprint density at radius 2 is 2.06 bits per heavy atom. The van der Waals surface area contributed by atoms with Crippen LogP contribution in [-0.4, -0.2) is 50.7 Å². The van der Waals surface area contributed by atoms with Gasteiger partial charge in [-0.2, -0.15) is 0 Å². The van der Waals surface area contributed by atoms with Crippen molar-refractivity contribution in [1.29, 1.82) is 0 Å². The molecule has 0 aromatic heterocycles. The minimum atomic E-state index is 0.218. The molecule has 0 atom stereocenters. The molecule has 0 unspecified atom stereocenters. The normalized spacial score (nSPS) is 18.2. The molecule has 0 spiro atoms. The van der Waals surface area contributed by atoms with Crippen LogP contribution in [0.2, 0.25) is 0 Å². The number of hydrogen-bond donors (Lipinski definition) is 1. The molecule has 0 aliphatic carbocycles. The summed E-state index contributed by atoms with van der Waals surface area (Å²) in [5.41, 5.74) is 0. The second-order valence-electron chi connectivity index (χ2n) is 5.61. The van der Waals surface area contributed by atoms with Crippen molar-refractivity contribution in [2.24, 2.45) is 11.8 Å². The van der Waals surface area contributed by atoms with Gasteiger partial charge in [-0.05, 0) is 38.3 Å². The van der Waals surface area contributed by atoms with Crippen molar-refractivity contribution in [3.05, 3.63) is 0 Å². The van der Waals surface area contributed by atoms with E-state index in [4.69, 9.17) is 4.74 Å². The Morgan fingerprint density at radius 1 is 1.39 bits per heavy atom. The molecule has 0 saturated carbocycles. The standard InChI is InChI=1S/C14H28N2O2/c1-12(2)11-16-8-5-13(6-9-16)14(17)15-7-4-10-18-3/h12-13H,4-11H2,1-3H3,(H,15,17). The maximum Gasteiger partial charge on any atom is 0.223 e. The van der Waals surface area contributed by atoms with Crippen molar-refractivity contribution < 1.29 is 9.53 Å². The van der Waals surface area contributed by atoms with Crippen LogP contribution in [0.4, 0.5) is 0 Å². The van der Waals surface area contributed by atoms with Crippen molar-refractivity contribution in [2.45, 2.75) is 33.1 Å². The fraction of sp³-hybridized carbons (Fsp3) is 0.929. The zero-order valence-corrected chi connectivity index (χ0v) is 12.1. The Hall–Kier alpha value is -0.610. The van der Waals surface area contributed by atoms with Crippen LogP contribution in [0, 0.1) is 11.8 Å². The van der Waals surface area contributed by atoms with Crippen LogP contribution < -0.4 is 5.32 Å². The summed E-state index contributed by atoms with van der Waals surface area (Å²) in [6.07, 6.45) is 2.90.